The minimum absolute atomic E-state index is 0.136. The Kier molecular flexibility index (Phi) is 7.96. The van der Waals surface area contributed by atoms with Gasteiger partial charge in [0.2, 0.25) is 5.91 Å². The Hall–Kier alpha value is -5.27. The number of H-pyrrole nitrogens is 2. The van der Waals surface area contributed by atoms with E-state index in [1.807, 2.05) is 52.5 Å². The van der Waals surface area contributed by atoms with Gasteiger partial charge in [0.05, 0.1) is 46.9 Å². The molecule has 0 aliphatic heterocycles. The van der Waals surface area contributed by atoms with E-state index in [1.165, 1.54) is 12.1 Å². The first kappa shape index (κ1) is 28.8. The lowest BCUT2D eigenvalue weighted by molar-refractivity contribution is -0.116. The van der Waals surface area contributed by atoms with E-state index in [4.69, 9.17) is 9.97 Å². The van der Waals surface area contributed by atoms with Gasteiger partial charge < -0.3 is 25.4 Å². The molecular weight excluding hydrogens is 561 g/mol. The van der Waals surface area contributed by atoms with Crippen molar-refractivity contribution in [2.75, 3.05) is 58.5 Å². The fraction of sp³-hybridized carbons (Fsp3) is 0.226. The molecule has 0 fully saturated rings. The number of benzene rings is 1. The number of carbonyl (C=O) groups excluding carboxylic acids is 1. The molecule has 0 unspecified atom stereocenters. The first-order valence-electron chi connectivity index (χ1n) is 14.0. The van der Waals surface area contributed by atoms with Crippen molar-refractivity contribution >= 4 is 39.3 Å². The van der Waals surface area contributed by atoms with Gasteiger partial charge in [-0.1, -0.05) is 0 Å². The van der Waals surface area contributed by atoms with Crippen LogP contribution in [0.1, 0.15) is 0 Å². The molecule has 12 nitrogen and oxygen atoms in total. The van der Waals surface area contributed by atoms with Crippen LogP contribution in [0.4, 0.5) is 15.8 Å². The van der Waals surface area contributed by atoms with E-state index in [2.05, 4.69) is 40.7 Å². The maximum absolute atomic E-state index is 14.7. The van der Waals surface area contributed by atoms with Crippen molar-refractivity contribution in [3.8, 4) is 33.9 Å². The van der Waals surface area contributed by atoms with Gasteiger partial charge in [-0.05, 0) is 70.2 Å². The topological polar surface area (TPSA) is 144 Å². The standard InChI is InChI=1S/C31H32FN11O/c1-42(2)8-7-35-21-10-18(9-20(32)12-21)23-15-34-16-26-28(23)39-31(38-26)30-29-25(40-41-30)6-5-24(37-29)19-11-22(14-33-13-19)36-27(44)17-43(3)4/h5-6,9-16,35H,7-8,17H2,1-4H3,(H,36,44)(H,38,39)(H,40,41). The SMILES string of the molecule is CN(C)CCNc1cc(F)cc(-c2cncc3[nH]c(-c4n[nH]c5ccc(-c6cncc(NC(=O)CN(C)C)c6)nc45)nc23)c1. The highest BCUT2D eigenvalue weighted by molar-refractivity contribution is 5.96. The number of fused-ring (bicyclic) bond motifs is 2. The molecular formula is C31H32FN11O. The molecule has 6 aromatic rings. The molecule has 0 saturated heterocycles. The zero-order valence-electron chi connectivity index (χ0n) is 24.8. The van der Waals surface area contributed by atoms with Crippen molar-refractivity contribution in [2.24, 2.45) is 0 Å². The summed E-state index contributed by atoms with van der Waals surface area (Å²) in [4.78, 5) is 37.8. The predicted octanol–water partition coefficient (Wildman–Crippen LogP) is 4.24. The number of nitrogens with one attached hydrogen (secondary N) is 4. The van der Waals surface area contributed by atoms with Crippen molar-refractivity contribution in [3.63, 3.8) is 0 Å². The molecule has 224 valence electrons. The second-order valence-corrected chi connectivity index (χ2v) is 11.0. The highest BCUT2D eigenvalue weighted by Gasteiger charge is 2.18. The molecule has 0 radical (unpaired) electrons. The second-order valence-electron chi connectivity index (χ2n) is 11.0. The lowest BCUT2D eigenvalue weighted by Gasteiger charge is -2.12. The monoisotopic (exact) mass is 593 g/mol. The number of halogens is 1. The fourth-order valence-electron chi connectivity index (χ4n) is 4.89. The number of hydrogen-bond donors (Lipinski definition) is 4. The normalized spacial score (nSPS) is 11.6. The molecule has 0 atom stereocenters. The Morgan fingerprint density at radius 2 is 1.68 bits per heavy atom. The summed E-state index contributed by atoms with van der Waals surface area (Å²) >= 11 is 0. The van der Waals surface area contributed by atoms with Crippen LogP contribution in [-0.2, 0) is 4.79 Å². The number of aromatic amines is 2. The molecule has 0 saturated carbocycles. The quantitative estimate of drug-likeness (QED) is 0.183. The number of pyridine rings is 3. The van der Waals surface area contributed by atoms with Crippen LogP contribution in [-0.4, -0.2) is 98.6 Å². The van der Waals surface area contributed by atoms with E-state index in [-0.39, 0.29) is 18.3 Å². The van der Waals surface area contributed by atoms with E-state index in [9.17, 15) is 9.18 Å². The minimum Gasteiger partial charge on any atom is -0.384 e. The van der Waals surface area contributed by atoms with Crippen molar-refractivity contribution in [1.82, 2.24) is 44.9 Å². The van der Waals surface area contributed by atoms with E-state index >= 15 is 0 Å². The molecule has 6 rings (SSSR count). The number of rotatable bonds is 10. The largest absolute Gasteiger partial charge is 0.384 e. The molecule has 0 bridgehead atoms. The van der Waals surface area contributed by atoms with Gasteiger partial charge in [-0.15, -0.1) is 0 Å². The average Bonchev–Trinajstić information content (AvgIpc) is 3.60. The lowest BCUT2D eigenvalue weighted by atomic mass is 10.1. The van der Waals surface area contributed by atoms with Crippen LogP contribution >= 0.6 is 0 Å². The number of imidazole rings is 1. The van der Waals surface area contributed by atoms with Crippen LogP contribution in [0.2, 0.25) is 0 Å². The van der Waals surface area contributed by atoms with Crippen LogP contribution in [0, 0.1) is 5.82 Å². The molecule has 0 spiro atoms. The zero-order valence-corrected chi connectivity index (χ0v) is 24.8. The van der Waals surface area contributed by atoms with Gasteiger partial charge in [-0.3, -0.25) is 19.9 Å². The van der Waals surface area contributed by atoms with Crippen molar-refractivity contribution in [1.29, 1.82) is 0 Å². The van der Waals surface area contributed by atoms with E-state index in [1.54, 1.807) is 29.7 Å². The molecule has 13 heteroatoms. The van der Waals surface area contributed by atoms with Gasteiger partial charge >= 0.3 is 0 Å². The summed E-state index contributed by atoms with van der Waals surface area (Å²) in [5.74, 6) is 0.00505. The molecule has 0 aliphatic carbocycles. The summed E-state index contributed by atoms with van der Waals surface area (Å²) in [6.07, 6.45) is 6.65. The number of anilines is 2. The second kappa shape index (κ2) is 12.1. The molecule has 0 aliphatic rings. The minimum atomic E-state index is -0.353. The predicted molar refractivity (Wildman–Crippen MR) is 170 cm³/mol. The Morgan fingerprint density at radius 1 is 0.864 bits per heavy atom. The fourth-order valence-corrected chi connectivity index (χ4v) is 4.89. The van der Waals surface area contributed by atoms with Gasteiger partial charge in [0.15, 0.2) is 11.5 Å². The highest BCUT2D eigenvalue weighted by atomic mass is 19.1. The third kappa shape index (κ3) is 6.23. The summed E-state index contributed by atoms with van der Waals surface area (Å²) in [5.41, 5.74) is 7.17. The maximum atomic E-state index is 14.7. The summed E-state index contributed by atoms with van der Waals surface area (Å²) in [5, 5.41) is 13.7. The van der Waals surface area contributed by atoms with E-state index < -0.39 is 0 Å². The van der Waals surface area contributed by atoms with Crippen molar-refractivity contribution in [2.45, 2.75) is 0 Å². The maximum Gasteiger partial charge on any atom is 0.238 e. The summed E-state index contributed by atoms with van der Waals surface area (Å²) < 4.78 is 14.7. The smallest absolute Gasteiger partial charge is 0.238 e. The van der Waals surface area contributed by atoms with Gasteiger partial charge in [0.1, 0.15) is 11.3 Å². The third-order valence-electron chi connectivity index (χ3n) is 6.90. The number of hydrogen-bond acceptors (Lipinski definition) is 9. The van der Waals surface area contributed by atoms with Crippen LogP contribution in [0.3, 0.4) is 0 Å². The van der Waals surface area contributed by atoms with E-state index in [0.29, 0.717) is 62.8 Å². The van der Waals surface area contributed by atoms with Gasteiger partial charge in [-0.2, -0.15) is 5.10 Å². The number of nitrogens with zero attached hydrogens (tertiary/aromatic N) is 7. The highest BCUT2D eigenvalue weighted by Crippen LogP contribution is 2.33. The van der Waals surface area contributed by atoms with Crippen LogP contribution < -0.4 is 10.6 Å². The molecule has 4 N–H and O–H groups in total. The summed E-state index contributed by atoms with van der Waals surface area (Å²) in [6.45, 7) is 1.75. The number of aromatic nitrogens is 7. The molecule has 5 aromatic heterocycles. The van der Waals surface area contributed by atoms with Crippen molar-refractivity contribution in [3.05, 3.63) is 67.0 Å². The number of carbonyl (C=O) groups is 1. The third-order valence-corrected chi connectivity index (χ3v) is 6.90. The number of likely N-dealkylation sites (N-methyl/N-ethyl adjacent to an activating group) is 2. The van der Waals surface area contributed by atoms with Gasteiger partial charge in [0, 0.05) is 42.3 Å². The zero-order chi connectivity index (χ0) is 30.8. The molecule has 1 amide bonds. The first-order valence-corrected chi connectivity index (χ1v) is 14.0. The Labute approximate surface area is 252 Å². The van der Waals surface area contributed by atoms with Crippen molar-refractivity contribution < 1.29 is 9.18 Å². The molecule has 44 heavy (non-hydrogen) atoms. The first-order chi connectivity index (χ1) is 21.2. The Morgan fingerprint density at radius 3 is 2.50 bits per heavy atom. The molecule has 1 aromatic carbocycles. The molecule has 5 heterocycles. The van der Waals surface area contributed by atoms with E-state index in [0.717, 1.165) is 17.6 Å². The summed E-state index contributed by atoms with van der Waals surface area (Å²) in [7, 11) is 7.64. The summed E-state index contributed by atoms with van der Waals surface area (Å²) in [6, 6.07) is 10.4. The Balaban J connectivity index is 1.33. The van der Waals surface area contributed by atoms with Gasteiger partial charge in [-0.25, -0.2) is 14.4 Å². The Bertz CT molecular complexity index is 1960. The van der Waals surface area contributed by atoms with Gasteiger partial charge in [0.25, 0.3) is 0 Å². The average molecular weight is 594 g/mol. The van der Waals surface area contributed by atoms with Crippen LogP contribution in [0.5, 0.6) is 0 Å². The lowest BCUT2D eigenvalue weighted by Crippen LogP contribution is -2.27. The number of amides is 1. The van der Waals surface area contributed by atoms with Crippen LogP contribution in [0.25, 0.3) is 56.0 Å². The van der Waals surface area contributed by atoms with Crippen LogP contribution in [0.15, 0.2) is 61.2 Å².